The molecule has 160 valence electrons. The van der Waals surface area contributed by atoms with Crippen molar-refractivity contribution in [3.05, 3.63) is 54.4 Å². The molecule has 1 saturated carbocycles. The number of ether oxygens (including phenoxy) is 2. The molecule has 1 aromatic heterocycles. The summed E-state index contributed by atoms with van der Waals surface area (Å²) >= 11 is 0. The first-order valence-corrected chi connectivity index (χ1v) is 10.5. The Kier molecular flexibility index (Phi) is 6.50. The standard InChI is InChI=1S/C23H29N3O4/c1-29-17-7-4-8-18(13-17)30-20-14-19(22(23(20)28)26-10-2-3-11-26)25-21(27)12-16-6-5-9-24-15-16/h4-9,13,15,19-20,22-23,28H,2-3,10-12,14H2,1H3,(H,25,27)/t19-,20-,22+,23+/m1/s1. The van der Waals surface area contributed by atoms with Gasteiger partial charge in [-0.1, -0.05) is 12.1 Å². The van der Waals surface area contributed by atoms with Crippen molar-refractivity contribution >= 4 is 5.91 Å². The maximum absolute atomic E-state index is 12.7. The molecule has 1 amide bonds. The van der Waals surface area contributed by atoms with Crippen LogP contribution in [-0.2, 0) is 11.2 Å². The number of carbonyl (C=O) groups excluding carboxylic acids is 1. The molecule has 1 aromatic carbocycles. The van der Waals surface area contributed by atoms with Crippen molar-refractivity contribution in [3.8, 4) is 11.5 Å². The Morgan fingerprint density at radius 1 is 1.23 bits per heavy atom. The van der Waals surface area contributed by atoms with Crippen LogP contribution in [0.3, 0.4) is 0 Å². The molecular weight excluding hydrogens is 382 g/mol. The molecule has 4 atom stereocenters. The normalized spacial score (nSPS) is 26.5. The molecule has 7 nitrogen and oxygen atoms in total. The average molecular weight is 412 g/mol. The number of rotatable bonds is 7. The predicted octanol–water partition coefficient (Wildman–Crippen LogP) is 1.79. The topological polar surface area (TPSA) is 83.9 Å². The van der Waals surface area contributed by atoms with Crippen LogP contribution < -0.4 is 14.8 Å². The second-order valence-corrected chi connectivity index (χ2v) is 8.01. The van der Waals surface area contributed by atoms with Crippen molar-refractivity contribution in [2.24, 2.45) is 0 Å². The fourth-order valence-corrected chi connectivity index (χ4v) is 4.55. The Hall–Kier alpha value is -2.64. The van der Waals surface area contributed by atoms with Crippen LogP contribution in [0.4, 0.5) is 0 Å². The Bertz CT molecular complexity index is 841. The molecule has 1 aliphatic heterocycles. The summed E-state index contributed by atoms with van der Waals surface area (Å²) in [6, 6.07) is 10.8. The number of aromatic nitrogens is 1. The van der Waals surface area contributed by atoms with Crippen molar-refractivity contribution in [3.63, 3.8) is 0 Å². The fourth-order valence-electron chi connectivity index (χ4n) is 4.55. The average Bonchev–Trinajstić information content (AvgIpc) is 3.37. The van der Waals surface area contributed by atoms with E-state index in [0.29, 0.717) is 17.9 Å². The van der Waals surface area contributed by atoms with Gasteiger partial charge in [-0.3, -0.25) is 14.7 Å². The maximum atomic E-state index is 12.7. The van der Waals surface area contributed by atoms with Gasteiger partial charge in [0.25, 0.3) is 0 Å². The van der Waals surface area contributed by atoms with Crippen LogP contribution >= 0.6 is 0 Å². The smallest absolute Gasteiger partial charge is 0.224 e. The molecule has 1 aliphatic carbocycles. The lowest BCUT2D eigenvalue weighted by atomic mass is 10.1. The van der Waals surface area contributed by atoms with Crippen LogP contribution in [0.25, 0.3) is 0 Å². The van der Waals surface area contributed by atoms with Gasteiger partial charge in [0, 0.05) is 24.9 Å². The van der Waals surface area contributed by atoms with Crippen molar-refractivity contribution in [2.75, 3.05) is 20.2 Å². The zero-order chi connectivity index (χ0) is 20.9. The molecule has 0 radical (unpaired) electrons. The van der Waals surface area contributed by atoms with Gasteiger partial charge in [-0.15, -0.1) is 0 Å². The summed E-state index contributed by atoms with van der Waals surface area (Å²) in [7, 11) is 1.61. The van der Waals surface area contributed by atoms with Gasteiger partial charge in [0.15, 0.2) is 0 Å². The van der Waals surface area contributed by atoms with Gasteiger partial charge < -0.3 is 19.9 Å². The van der Waals surface area contributed by atoms with E-state index in [0.717, 1.165) is 31.5 Å². The Morgan fingerprint density at radius 2 is 2.03 bits per heavy atom. The second-order valence-electron chi connectivity index (χ2n) is 8.01. The number of nitrogens with one attached hydrogen (secondary N) is 1. The zero-order valence-electron chi connectivity index (χ0n) is 17.2. The number of carbonyl (C=O) groups is 1. The lowest BCUT2D eigenvalue weighted by Crippen LogP contribution is -2.52. The van der Waals surface area contributed by atoms with Crippen LogP contribution in [0.5, 0.6) is 11.5 Å². The molecule has 1 saturated heterocycles. The highest BCUT2D eigenvalue weighted by molar-refractivity contribution is 5.78. The third-order valence-electron chi connectivity index (χ3n) is 5.95. The Balaban J connectivity index is 1.46. The molecule has 4 rings (SSSR count). The highest BCUT2D eigenvalue weighted by atomic mass is 16.5. The van der Waals surface area contributed by atoms with E-state index < -0.39 is 12.2 Å². The number of hydrogen-bond donors (Lipinski definition) is 2. The number of nitrogens with zero attached hydrogens (tertiary/aromatic N) is 2. The van der Waals surface area contributed by atoms with Gasteiger partial charge in [0.05, 0.1) is 25.6 Å². The molecular formula is C23H29N3O4. The van der Waals surface area contributed by atoms with Gasteiger partial charge in [0.1, 0.15) is 23.7 Å². The first-order chi connectivity index (χ1) is 14.6. The summed E-state index contributed by atoms with van der Waals surface area (Å²) in [4.78, 5) is 19.0. The van der Waals surface area contributed by atoms with Gasteiger partial charge in [0.2, 0.25) is 5.91 Å². The number of hydrogen-bond acceptors (Lipinski definition) is 6. The van der Waals surface area contributed by atoms with Gasteiger partial charge in [-0.05, 0) is 49.7 Å². The number of aliphatic hydroxyl groups excluding tert-OH is 1. The summed E-state index contributed by atoms with van der Waals surface area (Å²) in [6.07, 6.45) is 5.37. The van der Waals surface area contributed by atoms with E-state index in [1.54, 1.807) is 19.5 Å². The third kappa shape index (κ3) is 4.74. The summed E-state index contributed by atoms with van der Waals surface area (Å²) in [6.45, 7) is 1.87. The minimum absolute atomic E-state index is 0.0635. The lowest BCUT2D eigenvalue weighted by molar-refractivity contribution is -0.121. The minimum atomic E-state index is -0.682. The van der Waals surface area contributed by atoms with E-state index in [9.17, 15) is 9.90 Å². The number of likely N-dealkylation sites (tertiary alicyclic amines) is 1. The Morgan fingerprint density at radius 3 is 2.77 bits per heavy atom. The van der Waals surface area contributed by atoms with Gasteiger partial charge in [-0.25, -0.2) is 0 Å². The molecule has 30 heavy (non-hydrogen) atoms. The third-order valence-corrected chi connectivity index (χ3v) is 5.95. The van der Waals surface area contributed by atoms with Crippen molar-refractivity contribution in [1.29, 1.82) is 0 Å². The largest absolute Gasteiger partial charge is 0.497 e. The molecule has 0 unspecified atom stereocenters. The zero-order valence-corrected chi connectivity index (χ0v) is 17.2. The summed E-state index contributed by atoms with van der Waals surface area (Å²) in [5.74, 6) is 1.30. The van der Waals surface area contributed by atoms with Crippen LogP contribution in [0.15, 0.2) is 48.8 Å². The van der Waals surface area contributed by atoms with Crippen molar-refractivity contribution < 1.29 is 19.4 Å². The molecule has 2 aromatic rings. The highest BCUT2D eigenvalue weighted by Gasteiger charge is 2.47. The second kappa shape index (κ2) is 9.45. The summed E-state index contributed by atoms with van der Waals surface area (Å²) < 4.78 is 11.4. The fraction of sp³-hybridized carbons (Fsp3) is 0.478. The quantitative estimate of drug-likeness (QED) is 0.723. The Labute approximate surface area is 177 Å². The molecule has 2 fully saturated rings. The van der Waals surface area contributed by atoms with E-state index in [1.807, 2.05) is 36.4 Å². The van der Waals surface area contributed by atoms with E-state index in [-0.39, 0.29) is 24.4 Å². The number of methoxy groups -OCH3 is 1. The summed E-state index contributed by atoms with van der Waals surface area (Å²) in [5.41, 5.74) is 0.871. The van der Waals surface area contributed by atoms with E-state index in [4.69, 9.17) is 9.47 Å². The first kappa shape index (κ1) is 20.6. The van der Waals surface area contributed by atoms with Gasteiger partial charge >= 0.3 is 0 Å². The monoisotopic (exact) mass is 411 g/mol. The minimum Gasteiger partial charge on any atom is -0.497 e. The molecule has 2 aliphatic rings. The van der Waals surface area contributed by atoms with Crippen molar-refractivity contribution in [2.45, 2.75) is 50.0 Å². The molecule has 2 heterocycles. The van der Waals surface area contributed by atoms with Crippen LogP contribution in [0.1, 0.15) is 24.8 Å². The van der Waals surface area contributed by atoms with Gasteiger partial charge in [-0.2, -0.15) is 0 Å². The molecule has 2 N–H and O–H groups in total. The number of amides is 1. The number of benzene rings is 1. The SMILES string of the molecule is COc1cccc(O[C@@H]2C[C@@H](NC(=O)Cc3cccnc3)[C@H](N3CCCC3)[C@H]2O)c1. The van der Waals surface area contributed by atoms with E-state index in [1.165, 1.54) is 0 Å². The van der Waals surface area contributed by atoms with E-state index >= 15 is 0 Å². The predicted molar refractivity (Wildman–Crippen MR) is 113 cm³/mol. The lowest BCUT2D eigenvalue weighted by Gasteiger charge is -2.32. The maximum Gasteiger partial charge on any atom is 0.224 e. The molecule has 0 spiro atoms. The first-order valence-electron chi connectivity index (χ1n) is 10.5. The number of aliphatic hydroxyl groups is 1. The molecule has 7 heteroatoms. The number of pyridine rings is 1. The van der Waals surface area contributed by atoms with Crippen LogP contribution in [-0.4, -0.2) is 65.4 Å². The van der Waals surface area contributed by atoms with Crippen LogP contribution in [0.2, 0.25) is 0 Å². The molecule has 0 bridgehead atoms. The van der Waals surface area contributed by atoms with E-state index in [2.05, 4.69) is 15.2 Å². The van der Waals surface area contributed by atoms with Crippen molar-refractivity contribution in [1.82, 2.24) is 15.2 Å². The van der Waals surface area contributed by atoms with Crippen LogP contribution in [0, 0.1) is 0 Å². The summed E-state index contributed by atoms with van der Waals surface area (Å²) in [5, 5.41) is 14.3. The highest BCUT2D eigenvalue weighted by Crippen LogP contribution is 2.32.